The largest absolute Gasteiger partial charge is 0.489 e. The third-order valence-corrected chi connectivity index (χ3v) is 3.04. The van der Waals surface area contributed by atoms with Gasteiger partial charge in [0.1, 0.15) is 0 Å². The molecule has 0 saturated heterocycles. The van der Waals surface area contributed by atoms with Crippen LogP contribution in [-0.4, -0.2) is 18.1 Å². The van der Waals surface area contributed by atoms with Crippen molar-refractivity contribution in [3.63, 3.8) is 0 Å². The molecular formula is C15H15N3O4. The Morgan fingerprint density at radius 1 is 1.09 bits per heavy atom. The van der Waals surface area contributed by atoms with Gasteiger partial charge in [0.15, 0.2) is 0 Å². The molecule has 0 radical (unpaired) electrons. The predicted octanol–water partition coefficient (Wildman–Crippen LogP) is 3.56. The van der Waals surface area contributed by atoms with Crippen LogP contribution in [0, 0.1) is 17.0 Å². The maximum atomic E-state index is 12.0. The highest BCUT2D eigenvalue weighted by molar-refractivity contribution is 6.01. The van der Waals surface area contributed by atoms with E-state index in [-0.39, 0.29) is 17.1 Å². The number of ether oxygens (including phenoxy) is 1. The van der Waals surface area contributed by atoms with Crippen molar-refractivity contribution < 1.29 is 14.5 Å². The molecule has 2 aromatic rings. The first-order chi connectivity index (χ1) is 10.5. The Morgan fingerprint density at radius 2 is 1.73 bits per heavy atom. The Labute approximate surface area is 127 Å². The van der Waals surface area contributed by atoms with Gasteiger partial charge in [-0.15, -0.1) is 0 Å². The topological polar surface area (TPSA) is 93.5 Å². The van der Waals surface area contributed by atoms with E-state index in [2.05, 4.69) is 10.6 Å². The van der Waals surface area contributed by atoms with E-state index >= 15 is 0 Å². The Balaban J connectivity index is 2.20. The summed E-state index contributed by atoms with van der Waals surface area (Å²) in [5.74, 6) is 0.00688. The third kappa shape index (κ3) is 3.32. The smallest absolute Gasteiger partial charge is 0.323 e. The van der Waals surface area contributed by atoms with E-state index in [1.807, 2.05) is 19.1 Å². The molecule has 0 unspecified atom stereocenters. The molecule has 0 aliphatic carbocycles. The molecule has 0 fully saturated rings. The van der Waals surface area contributed by atoms with Crippen LogP contribution in [0.5, 0.6) is 5.75 Å². The second-order valence-corrected chi connectivity index (χ2v) is 4.51. The number of methoxy groups -OCH3 is 1. The van der Waals surface area contributed by atoms with Crippen LogP contribution >= 0.6 is 0 Å². The Bertz CT molecular complexity index is 716. The number of benzene rings is 2. The number of nitrogens with one attached hydrogen (secondary N) is 2. The number of nitrogens with zero attached hydrogens (tertiary/aromatic N) is 1. The van der Waals surface area contributed by atoms with Gasteiger partial charge in [0.2, 0.25) is 5.75 Å². The second-order valence-electron chi connectivity index (χ2n) is 4.51. The summed E-state index contributed by atoms with van der Waals surface area (Å²) in [5, 5.41) is 16.2. The lowest BCUT2D eigenvalue weighted by atomic mass is 10.2. The zero-order valence-corrected chi connectivity index (χ0v) is 12.1. The van der Waals surface area contributed by atoms with Crippen LogP contribution in [0.25, 0.3) is 0 Å². The van der Waals surface area contributed by atoms with E-state index in [1.54, 1.807) is 12.1 Å². The number of anilines is 2. The predicted molar refractivity (Wildman–Crippen MR) is 83.5 cm³/mol. The number of carbonyl (C=O) groups excluding carboxylic acids is 1. The molecule has 0 atom stereocenters. The summed E-state index contributed by atoms with van der Waals surface area (Å²) in [7, 11) is 1.31. The molecule has 0 spiro atoms. The Kier molecular flexibility index (Phi) is 4.57. The number of nitro benzene ring substituents is 1. The molecule has 7 heteroatoms. The molecule has 2 N–H and O–H groups in total. The SMILES string of the molecule is COc1c(NC(=O)Nc2ccccc2C)cccc1[N+](=O)[O-]. The molecule has 0 bridgehead atoms. The summed E-state index contributed by atoms with van der Waals surface area (Å²) in [6.07, 6.45) is 0. The number of urea groups is 1. The minimum Gasteiger partial charge on any atom is -0.489 e. The van der Waals surface area contributed by atoms with Gasteiger partial charge in [-0.25, -0.2) is 4.79 Å². The fourth-order valence-electron chi connectivity index (χ4n) is 1.97. The number of hydrogen-bond donors (Lipinski definition) is 2. The summed E-state index contributed by atoms with van der Waals surface area (Å²) in [6.45, 7) is 1.86. The Morgan fingerprint density at radius 3 is 2.36 bits per heavy atom. The lowest BCUT2D eigenvalue weighted by Crippen LogP contribution is -2.20. The number of hydrogen-bond acceptors (Lipinski definition) is 4. The molecule has 0 aliphatic rings. The summed E-state index contributed by atoms with van der Waals surface area (Å²) in [4.78, 5) is 22.4. The lowest BCUT2D eigenvalue weighted by Gasteiger charge is -2.12. The van der Waals surface area contributed by atoms with E-state index in [0.717, 1.165) is 5.56 Å². The van der Waals surface area contributed by atoms with E-state index in [1.165, 1.54) is 25.3 Å². The zero-order valence-electron chi connectivity index (χ0n) is 12.1. The summed E-state index contributed by atoms with van der Waals surface area (Å²) in [6, 6.07) is 11.1. The molecule has 0 aromatic heterocycles. The van der Waals surface area contributed by atoms with E-state index in [9.17, 15) is 14.9 Å². The average molecular weight is 301 g/mol. The number of nitro groups is 1. The van der Waals surface area contributed by atoms with Crippen molar-refractivity contribution in [1.82, 2.24) is 0 Å². The minimum atomic E-state index is -0.566. The van der Waals surface area contributed by atoms with Gasteiger partial charge >= 0.3 is 11.7 Å². The zero-order chi connectivity index (χ0) is 16.1. The van der Waals surface area contributed by atoms with Gasteiger partial charge in [0.25, 0.3) is 0 Å². The highest BCUT2D eigenvalue weighted by Crippen LogP contribution is 2.34. The van der Waals surface area contributed by atoms with Crippen LogP contribution < -0.4 is 15.4 Å². The first kappa shape index (κ1) is 15.3. The molecule has 22 heavy (non-hydrogen) atoms. The van der Waals surface area contributed by atoms with Gasteiger partial charge < -0.3 is 15.4 Å². The molecule has 0 aliphatic heterocycles. The maximum absolute atomic E-state index is 12.0. The van der Waals surface area contributed by atoms with Crippen LogP contribution in [0.15, 0.2) is 42.5 Å². The first-order valence-corrected chi connectivity index (χ1v) is 6.48. The van der Waals surface area contributed by atoms with Crippen molar-refractivity contribution in [3.05, 3.63) is 58.1 Å². The molecule has 2 aromatic carbocycles. The van der Waals surface area contributed by atoms with Gasteiger partial charge in [-0.3, -0.25) is 10.1 Å². The van der Waals surface area contributed by atoms with Crippen molar-refractivity contribution >= 4 is 23.1 Å². The van der Waals surface area contributed by atoms with Crippen molar-refractivity contribution in [2.45, 2.75) is 6.92 Å². The third-order valence-electron chi connectivity index (χ3n) is 3.04. The average Bonchev–Trinajstić information content (AvgIpc) is 2.49. The lowest BCUT2D eigenvalue weighted by molar-refractivity contribution is -0.385. The quantitative estimate of drug-likeness (QED) is 0.667. The summed E-state index contributed by atoms with van der Waals surface area (Å²) >= 11 is 0. The van der Waals surface area contributed by atoms with Gasteiger partial charge in [0.05, 0.1) is 17.7 Å². The van der Waals surface area contributed by atoms with Crippen molar-refractivity contribution in [2.24, 2.45) is 0 Å². The summed E-state index contributed by atoms with van der Waals surface area (Å²) in [5.41, 5.74) is 1.58. The van der Waals surface area contributed by atoms with Crippen LogP contribution in [0.1, 0.15) is 5.56 Å². The van der Waals surface area contributed by atoms with Crippen molar-refractivity contribution in [1.29, 1.82) is 0 Å². The van der Waals surface area contributed by atoms with E-state index in [0.29, 0.717) is 5.69 Å². The fourth-order valence-corrected chi connectivity index (χ4v) is 1.97. The van der Waals surface area contributed by atoms with Crippen LogP contribution in [0.2, 0.25) is 0 Å². The molecular weight excluding hydrogens is 286 g/mol. The monoisotopic (exact) mass is 301 g/mol. The normalized spacial score (nSPS) is 9.91. The number of para-hydroxylation sites is 2. The highest BCUT2D eigenvalue weighted by Gasteiger charge is 2.19. The maximum Gasteiger partial charge on any atom is 0.323 e. The number of amides is 2. The van der Waals surface area contributed by atoms with Crippen LogP contribution in [0.4, 0.5) is 21.9 Å². The Hall–Kier alpha value is -3.09. The number of carbonyl (C=O) groups is 1. The van der Waals surface area contributed by atoms with E-state index < -0.39 is 11.0 Å². The number of rotatable bonds is 4. The molecule has 7 nitrogen and oxygen atoms in total. The van der Waals surface area contributed by atoms with Crippen molar-refractivity contribution in [3.8, 4) is 5.75 Å². The molecule has 2 amide bonds. The summed E-state index contributed by atoms with van der Waals surface area (Å²) < 4.78 is 5.03. The van der Waals surface area contributed by atoms with Gasteiger partial charge in [-0.1, -0.05) is 24.3 Å². The standard InChI is InChI=1S/C15H15N3O4/c1-10-6-3-4-7-11(10)16-15(19)17-12-8-5-9-13(18(20)21)14(12)22-2/h3-9H,1-2H3,(H2,16,17,19). The molecule has 114 valence electrons. The molecule has 2 rings (SSSR count). The highest BCUT2D eigenvalue weighted by atomic mass is 16.6. The minimum absolute atomic E-state index is 0.00688. The van der Waals surface area contributed by atoms with Gasteiger partial charge in [0, 0.05) is 11.8 Å². The fraction of sp³-hybridized carbons (Fsp3) is 0.133. The van der Waals surface area contributed by atoms with Crippen LogP contribution in [0.3, 0.4) is 0 Å². The second kappa shape index (κ2) is 6.57. The molecule has 0 saturated carbocycles. The molecule has 0 heterocycles. The van der Waals surface area contributed by atoms with Crippen molar-refractivity contribution in [2.75, 3.05) is 17.7 Å². The van der Waals surface area contributed by atoms with E-state index in [4.69, 9.17) is 4.74 Å². The van der Waals surface area contributed by atoms with Gasteiger partial charge in [-0.05, 0) is 24.6 Å². The van der Waals surface area contributed by atoms with Crippen LogP contribution in [-0.2, 0) is 0 Å². The van der Waals surface area contributed by atoms with Gasteiger partial charge in [-0.2, -0.15) is 0 Å². The first-order valence-electron chi connectivity index (χ1n) is 6.48. The number of aryl methyl sites for hydroxylation is 1.